The van der Waals surface area contributed by atoms with E-state index in [0.717, 1.165) is 25.2 Å². The average Bonchev–Trinajstić information content (AvgIpc) is 2.63. The molecule has 0 aliphatic heterocycles. The van der Waals surface area contributed by atoms with E-state index in [1.54, 1.807) is 42.8 Å². The van der Waals surface area contributed by atoms with Crippen molar-refractivity contribution in [2.45, 2.75) is 0 Å². The molecule has 0 saturated heterocycles. The van der Waals surface area contributed by atoms with E-state index >= 15 is 0 Å². The molecule has 4 N–H and O–H groups in total. The summed E-state index contributed by atoms with van der Waals surface area (Å²) in [7, 11) is 0. The first-order valence-electron chi connectivity index (χ1n) is 8.68. The van der Waals surface area contributed by atoms with Crippen LogP contribution in [0.3, 0.4) is 0 Å². The molecule has 2 rings (SSSR count). The second-order valence-corrected chi connectivity index (χ2v) is 5.85. The number of nitrogens with two attached hydrogens (primary N) is 1. The second-order valence-electron chi connectivity index (χ2n) is 5.85. The van der Waals surface area contributed by atoms with Crippen LogP contribution in [0.5, 0.6) is 11.5 Å². The molecule has 0 radical (unpaired) electrons. The van der Waals surface area contributed by atoms with E-state index in [1.165, 1.54) is 0 Å². The first kappa shape index (κ1) is 19.6. The zero-order chi connectivity index (χ0) is 18.6. The summed E-state index contributed by atoms with van der Waals surface area (Å²) in [5.74, 6) is 0.470. The Morgan fingerprint density at radius 1 is 0.885 bits per heavy atom. The van der Waals surface area contributed by atoms with Crippen molar-refractivity contribution in [3.63, 3.8) is 0 Å². The summed E-state index contributed by atoms with van der Waals surface area (Å²) in [4.78, 5) is 11.0. The van der Waals surface area contributed by atoms with Crippen LogP contribution in [-0.4, -0.2) is 66.8 Å². The molecular weight excluding hydrogens is 328 g/mol. The number of hydrogen-bond donors (Lipinski definition) is 3. The van der Waals surface area contributed by atoms with Gasteiger partial charge in [-0.15, -0.1) is 0 Å². The molecule has 0 amide bonds. The van der Waals surface area contributed by atoms with Crippen LogP contribution in [0, 0.1) is 0 Å². The Labute approximate surface area is 154 Å². The zero-order valence-electron chi connectivity index (χ0n) is 14.8. The average molecular weight is 354 g/mol. The molecule has 138 valence electrons. The van der Waals surface area contributed by atoms with Crippen LogP contribution in [0.15, 0.2) is 58.5 Å². The SMILES string of the molecule is NCCN(CC/N=C/c1cccc(O)c1)CC/N=C/c1ccccc1O. The number of para-hydroxylation sites is 1. The van der Waals surface area contributed by atoms with Crippen LogP contribution >= 0.6 is 0 Å². The van der Waals surface area contributed by atoms with Crippen LogP contribution in [0.25, 0.3) is 0 Å². The summed E-state index contributed by atoms with van der Waals surface area (Å²) in [6.45, 7) is 4.22. The molecule has 0 heterocycles. The molecule has 0 fully saturated rings. The first-order valence-corrected chi connectivity index (χ1v) is 8.68. The van der Waals surface area contributed by atoms with Gasteiger partial charge in [-0.3, -0.25) is 14.9 Å². The minimum absolute atomic E-state index is 0.233. The van der Waals surface area contributed by atoms with Crippen molar-refractivity contribution >= 4 is 12.4 Å². The predicted octanol–water partition coefficient (Wildman–Crippen LogP) is 1.90. The zero-order valence-corrected chi connectivity index (χ0v) is 14.8. The standard InChI is InChI=1S/C20H26N4O2/c21-8-11-24(12-9-22-15-17-4-3-6-19(25)14-17)13-10-23-16-18-5-1-2-7-20(18)26/h1-7,14-16,25-26H,8-13,21H2/b22-15+,23-16+. The minimum atomic E-state index is 0.233. The largest absolute Gasteiger partial charge is 0.508 e. The van der Waals surface area contributed by atoms with E-state index in [-0.39, 0.29) is 11.5 Å². The van der Waals surface area contributed by atoms with Gasteiger partial charge < -0.3 is 15.9 Å². The van der Waals surface area contributed by atoms with Gasteiger partial charge in [-0.05, 0) is 29.8 Å². The van der Waals surface area contributed by atoms with Crippen molar-refractivity contribution in [2.24, 2.45) is 15.7 Å². The Morgan fingerprint density at radius 2 is 1.62 bits per heavy atom. The molecule has 0 aliphatic carbocycles. The Bertz CT molecular complexity index is 731. The van der Waals surface area contributed by atoms with Crippen LogP contribution < -0.4 is 5.73 Å². The lowest BCUT2D eigenvalue weighted by molar-refractivity contribution is 0.298. The molecule has 26 heavy (non-hydrogen) atoms. The number of phenolic OH excluding ortho intramolecular Hbond substituents is 2. The Hall–Kier alpha value is -2.70. The molecule has 6 nitrogen and oxygen atoms in total. The van der Waals surface area contributed by atoms with E-state index in [2.05, 4.69) is 14.9 Å². The number of nitrogens with zero attached hydrogens (tertiary/aromatic N) is 3. The van der Waals surface area contributed by atoms with Crippen molar-refractivity contribution < 1.29 is 10.2 Å². The predicted molar refractivity (Wildman–Crippen MR) is 107 cm³/mol. The number of hydrogen-bond acceptors (Lipinski definition) is 6. The third-order valence-corrected chi connectivity index (χ3v) is 3.81. The van der Waals surface area contributed by atoms with E-state index in [4.69, 9.17) is 5.73 Å². The van der Waals surface area contributed by atoms with Gasteiger partial charge in [0.15, 0.2) is 0 Å². The third-order valence-electron chi connectivity index (χ3n) is 3.81. The van der Waals surface area contributed by atoms with Crippen molar-refractivity contribution in [1.82, 2.24) is 4.90 Å². The van der Waals surface area contributed by atoms with Crippen LogP contribution in [0.2, 0.25) is 0 Å². The smallest absolute Gasteiger partial charge is 0.124 e. The molecule has 2 aromatic carbocycles. The van der Waals surface area contributed by atoms with Gasteiger partial charge in [-0.25, -0.2) is 0 Å². The molecular formula is C20H26N4O2. The first-order chi connectivity index (χ1) is 12.7. The highest BCUT2D eigenvalue weighted by atomic mass is 16.3. The summed E-state index contributed by atoms with van der Waals surface area (Å²) >= 11 is 0. The van der Waals surface area contributed by atoms with Gasteiger partial charge >= 0.3 is 0 Å². The topological polar surface area (TPSA) is 94.4 Å². The lowest BCUT2D eigenvalue weighted by Crippen LogP contribution is -2.33. The summed E-state index contributed by atoms with van der Waals surface area (Å²) in [6.07, 6.45) is 3.45. The van der Waals surface area contributed by atoms with Crippen LogP contribution in [0.4, 0.5) is 0 Å². The molecule has 0 aromatic heterocycles. The molecule has 0 spiro atoms. The number of rotatable bonds is 10. The lowest BCUT2D eigenvalue weighted by atomic mass is 10.2. The molecule has 0 saturated carbocycles. The van der Waals surface area contributed by atoms with E-state index < -0.39 is 0 Å². The maximum Gasteiger partial charge on any atom is 0.124 e. The fourth-order valence-electron chi connectivity index (χ4n) is 2.45. The molecule has 0 unspecified atom stereocenters. The van der Waals surface area contributed by atoms with Crippen LogP contribution in [-0.2, 0) is 0 Å². The van der Waals surface area contributed by atoms with E-state index in [1.807, 2.05) is 18.2 Å². The quantitative estimate of drug-likeness (QED) is 0.568. The minimum Gasteiger partial charge on any atom is -0.508 e. The molecule has 6 heteroatoms. The Morgan fingerprint density at radius 3 is 2.31 bits per heavy atom. The molecule has 0 aliphatic rings. The monoisotopic (exact) mass is 354 g/mol. The molecule has 2 aromatic rings. The van der Waals surface area contributed by atoms with Gasteiger partial charge in [-0.1, -0.05) is 24.3 Å². The van der Waals surface area contributed by atoms with Gasteiger partial charge in [0.05, 0.1) is 13.1 Å². The van der Waals surface area contributed by atoms with Crippen molar-refractivity contribution in [3.8, 4) is 11.5 Å². The Balaban J connectivity index is 1.76. The van der Waals surface area contributed by atoms with Crippen LogP contribution in [0.1, 0.15) is 11.1 Å². The van der Waals surface area contributed by atoms with Gasteiger partial charge in [0.1, 0.15) is 11.5 Å². The maximum atomic E-state index is 9.71. The summed E-state index contributed by atoms with van der Waals surface area (Å²) in [6, 6.07) is 14.1. The summed E-state index contributed by atoms with van der Waals surface area (Å²) in [5.41, 5.74) is 7.27. The van der Waals surface area contributed by atoms with Crippen molar-refractivity contribution in [3.05, 3.63) is 59.7 Å². The summed E-state index contributed by atoms with van der Waals surface area (Å²) < 4.78 is 0. The molecule has 0 atom stereocenters. The molecule has 0 bridgehead atoms. The third kappa shape index (κ3) is 7.04. The fourth-order valence-corrected chi connectivity index (χ4v) is 2.45. The Kier molecular flexibility index (Phi) is 8.32. The highest BCUT2D eigenvalue weighted by Crippen LogP contribution is 2.12. The van der Waals surface area contributed by atoms with Gasteiger partial charge in [-0.2, -0.15) is 0 Å². The lowest BCUT2D eigenvalue weighted by Gasteiger charge is -2.19. The van der Waals surface area contributed by atoms with E-state index in [0.29, 0.717) is 25.2 Å². The highest BCUT2D eigenvalue weighted by Gasteiger charge is 2.02. The maximum absolute atomic E-state index is 9.71. The second kappa shape index (κ2) is 11.0. The van der Waals surface area contributed by atoms with Gasteiger partial charge in [0.25, 0.3) is 0 Å². The highest BCUT2D eigenvalue weighted by molar-refractivity contribution is 5.83. The normalized spacial score (nSPS) is 11.8. The van der Waals surface area contributed by atoms with Gasteiger partial charge in [0, 0.05) is 44.2 Å². The number of aliphatic imine (C=N–C) groups is 2. The number of aromatic hydroxyl groups is 2. The van der Waals surface area contributed by atoms with Crippen molar-refractivity contribution in [1.29, 1.82) is 0 Å². The van der Waals surface area contributed by atoms with Crippen molar-refractivity contribution in [2.75, 3.05) is 39.3 Å². The number of phenols is 2. The number of benzene rings is 2. The van der Waals surface area contributed by atoms with E-state index in [9.17, 15) is 10.2 Å². The summed E-state index contributed by atoms with van der Waals surface area (Å²) in [5, 5.41) is 19.1. The fraction of sp³-hybridized carbons (Fsp3) is 0.300. The van der Waals surface area contributed by atoms with Gasteiger partial charge in [0.2, 0.25) is 0 Å².